The van der Waals surface area contributed by atoms with Crippen LogP contribution in [0.25, 0.3) is 16.7 Å². The van der Waals surface area contributed by atoms with E-state index in [1.807, 2.05) is 0 Å². The topological polar surface area (TPSA) is 120 Å². The minimum Gasteiger partial charge on any atom is -0.488 e. The summed E-state index contributed by atoms with van der Waals surface area (Å²) in [7, 11) is -3.15. The monoisotopic (exact) mass is 583 g/mol. The predicted molar refractivity (Wildman–Crippen MR) is 144 cm³/mol. The summed E-state index contributed by atoms with van der Waals surface area (Å²) < 4.78 is 71.4. The third kappa shape index (κ3) is 6.04. The first-order chi connectivity index (χ1) is 18.5. The fraction of sp³-hybridized carbons (Fsp3) is 0.481. The van der Waals surface area contributed by atoms with Crippen molar-refractivity contribution < 1.29 is 36.2 Å². The number of aromatic nitrogens is 2. The fourth-order valence-electron chi connectivity index (χ4n) is 4.66. The average molecular weight is 584 g/mol. The van der Waals surface area contributed by atoms with Gasteiger partial charge in [0.2, 0.25) is 0 Å². The lowest BCUT2D eigenvalue weighted by atomic mass is 9.94. The second-order valence-corrected chi connectivity index (χ2v) is 13.3. The number of nitrogens with one attached hydrogen (secondary N) is 1. The Bertz CT molecular complexity index is 1590. The van der Waals surface area contributed by atoms with E-state index >= 15 is 4.39 Å². The van der Waals surface area contributed by atoms with Crippen molar-refractivity contribution in [3.8, 4) is 11.4 Å². The molecular weight excluding hydrogens is 551 g/mol. The fourth-order valence-corrected chi connectivity index (χ4v) is 6.38. The summed E-state index contributed by atoms with van der Waals surface area (Å²) in [6, 6.07) is 6.83. The van der Waals surface area contributed by atoms with Gasteiger partial charge in [-0.2, -0.15) is 0 Å². The maximum absolute atomic E-state index is 15.0. The van der Waals surface area contributed by atoms with Crippen LogP contribution in [-0.4, -0.2) is 64.2 Å². The Morgan fingerprint density at radius 1 is 1.15 bits per heavy atom. The van der Waals surface area contributed by atoms with E-state index in [0.29, 0.717) is 0 Å². The molecule has 40 heavy (non-hydrogen) atoms. The van der Waals surface area contributed by atoms with Crippen molar-refractivity contribution in [2.75, 3.05) is 18.1 Å². The van der Waals surface area contributed by atoms with E-state index in [0.717, 1.165) is 16.7 Å². The summed E-state index contributed by atoms with van der Waals surface area (Å²) >= 11 is 0. The van der Waals surface area contributed by atoms with Crippen LogP contribution in [0.2, 0.25) is 0 Å². The maximum Gasteiger partial charge on any atom is 0.334 e. The number of halogens is 3. The first-order valence-electron chi connectivity index (χ1n) is 12.7. The zero-order chi connectivity index (χ0) is 29.6. The number of nitrogens with zero attached hydrogens (tertiary/aromatic N) is 2. The van der Waals surface area contributed by atoms with E-state index in [2.05, 4.69) is 5.32 Å². The van der Waals surface area contributed by atoms with Crippen molar-refractivity contribution in [3.05, 3.63) is 58.3 Å². The minimum atomic E-state index is -3.15. The zero-order valence-corrected chi connectivity index (χ0v) is 23.4. The molecule has 2 N–H and O–H groups in total. The van der Waals surface area contributed by atoms with Crippen LogP contribution in [0.1, 0.15) is 56.9 Å². The van der Waals surface area contributed by atoms with E-state index < -0.39 is 57.5 Å². The van der Waals surface area contributed by atoms with Crippen molar-refractivity contribution in [1.29, 1.82) is 0 Å². The highest BCUT2D eigenvalue weighted by atomic mass is 32.2. The molecule has 1 amide bonds. The highest BCUT2D eigenvalue weighted by Crippen LogP contribution is 2.30. The predicted octanol–water partition coefficient (Wildman–Crippen LogP) is 3.60. The molecule has 1 aliphatic heterocycles. The molecule has 2 heterocycles. The SMILES string of the molecule is C[C@H](n1c(=O)n(-c2cc(OCC(F)F)ccc2F)c2ccc(C(=O)NC3(C)CCS(=O)(=O)CC3)cc21)C(C)(C)O. The normalized spacial score (nSPS) is 17.6. The van der Waals surface area contributed by atoms with Gasteiger partial charge in [-0.3, -0.25) is 13.9 Å². The van der Waals surface area contributed by atoms with E-state index in [-0.39, 0.29) is 52.4 Å². The molecule has 0 spiro atoms. The van der Waals surface area contributed by atoms with Crippen LogP contribution in [0, 0.1) is 5.82 Å². The quantitative estimate of drug-likeness (QED) is 0.418. The van der Waals surface area contributed by atoms with Crippen molar-refractivity contribution in [3.63, 3.8) is 0 Å². The summed E-state index contributed by atoms with van der Waals surface area (Å²) in [6.07, 6.45) is -2.25. The average Bonchev–Trinajstić information content (AvgIpc) is 3.15. The van der Waals surface area contributed by atoms with E-state index in [1.54, 1.807) is 13.8 Å². The first kappa shape index (κ1) is 29.7. The number of fused-ring (bicyclic) bond motifs is 1. The highest BCUT2D eigenvalue weighted by molar-refractivity contribution is 7.91. The number of ether oxygens (including phenoxy) is 1. The van der Waals surface area contributed by atoms with Gasteiger partial charge in [-0.15, -0.1) is 0 Å². The lowest BCUT2D eigenvalue weighted by Crippen LogP contribution is -2.50. The van der Waals surface area contributed by atoms with Crippen LogP contribution in [-0.2, 0) is 9.84 Å². The minimum absolute atomic E-state index is 0.0417. The number of amides is 1. The molecule has 4 rings (SSSR count). The molecule has 0 radical (unpaired) electrons. The van der Waals surface area contributed by atoms with Gasteiger partial charge in [0.1, 0.15) is 28.0 Å². The van der Waals surface area contributed by atoms with E-state index in [4.69, 9.17) is 4.74 Å². The molecule has 1 atom stereocenters. The summed E-state index contributed by atoms with van der Waals surface area (Å²) in [6.45, 7) is 5.45. The lowest BCUT2D eigenvalue weighted by Gasteiger charge is -2.34. The number of rotatable bonds is 8. The molecule has 9 nitrogen and oxygen atoms in total. The van der Waals surface area contributed by atoms with Gasteiger partial charge in [0.05, 0.1) is 39.9 Å². The number of carbonyl (C=O) groups excluding carboxylic acids is 1. The molecule has 0 aliphatic carbocycles. The third-order valence-corrected chi connectivity index (χ3v) is 9.08. The second kappa shape index (κ2) is 10.6. The Balaban J connectivity index is 1.82. The molecule has 218 valence electrons. The molecule has 0 saturated carbocycles. The first-order valence-corrected chi connectivity index (χ1v) is 14.6. The zero-order valence-electron chi connectivity index (χ0n) is 22.6. The third-order valence-electron chi connectivity index (χ3n) is 7.42. The summed E-state index contributed by atoms with van der Waals surface area (Å²) in [5.41, 5.74) is -2.52. The van der Waals surface area contributed by atoms with Crippen LogP contribution >= 0.6 is 0 Å². The molecule has 1 aliphatic rings. The van der Waals surface area contributed by atoms with Crippen molar-refractivity contribution >= 4 is 26.8 Å². The molecule has 13 heteroatoms. The van der Waals surface area contributed by atoms with Crippen molar-refractivity contribution in [2.45, 2.75) is 64.1 Å². The van der Waals surface area contributed by atoms with E-state index in [1.165, 1.54) is 42.7 Å². The Kier molecular flexibility index (Phi) is 7.85. The number of carbonyl (C=O) groups is 1. The van der Waals surface area contributed by atoms with Gasteiger partial charge in [-0.25, -0.2) is 26.4 Å². The van der Waals surface area contributed by atoms with E-state index in [9.17, 15) is 31.9 Å². The van der Waals surface area contributed by atoms with Gasteiger partial charge >= 0.3 is 5.69 Å². The highest BCUT2D eigenvalue weighted by Gasteiger charge is 2.35. The molecule has 0 bridgehead atoms. The molecule has 1 fully saturated rings. The number of hydrogen-bond acceptors (Lipinski definition) is 6. The van der Waals surface area contributed by atoms with Gasteiger partial charge in [-0.1, -0.05) is 0 Å². The Morgan fingerprint density at radius 3 is 2.40 bits per heavy atom. The molecule has 1 aromatic heterocycles. The molecule has 2 aromatic carbocycles. The van der Waals surface area contributed by atoms with Gasteiger partial charge in [0, 0.05) is 17.2 Å². The molecule has 1 saturated heterocycles. The Hall–Kier alpha value is -3.32. The van der Waals surface area contributed by atoms with Crippen LogP contribution in [0.4, 0.5) is 13.2 Å². The van der Waals surface area contributed by atoms with Crippen LogP contribution < -0.4 is 15.7 Å². The van der Waals surface area contributed by atoms with Crippen molar-refractivity contribution in [2.24, 2.45) is 0 Å². The van der Waals surface area contributed by atoms with Crippen molar-refractivity contribution in [1.82, 2.24) is 14.5 Å². The van der Waals surface area contributed by atoms with Crippen LogP contribution in [0.3, 0.4) is 0 Å². The number of hydrogen-bond donors (Lipinski definition) is 2. The Morgan fingerprint density at radius 2 is 1.80 bits per heavy atom. The number of imidazole rings is 1. The summed E-state index contributed by atoms with van der Waals surface area (Å²) in [4.78, 5) is 27.0. The smallest absolute Gasteiger partial charge is 0.334 e. The number of aliphatic hydroxyl groups is 1. The summed E-state index contributed by atoms with van der Waals surface area (Å²) in [5.74, 6) is -1.46. The summed E-state index contributed by atoms with van der Waals surface area (Å²) in [5, 5.41) is 13.6. The number of benzene rings is 2. The number of sulfone groups is 1. The van der Waals surface area contributed by atoms with Gasteiger partial charge < -0.3 is 15.2 Å². The van der Waals surface area contributed by atoms with Gasteiger partial charge in [-0.05, 0) is 70.9 Å². The second-order valence-electron chi connectivity index (χ2n) is 11.0. The molecular formula is C27H32F3N3O6S. The van der Waals surface area contributed by atoms with Gasteiger partial charge in [0.25, 0.3) is 12.3 Å². The molecule has 3 aromatic rings. The number of alkyl halides is 2. The van der Waals surface area contributed by atoms with Gasteiger partial charge in [0.15, 0.2) is 0 Å². The van der Waals surface area contributed by atoms with Crippen LogP contribution in [0.15, 0.2) is 41.2 Å². The maximum atomic E-state index is 15.0. The Labute approximate surface area is 229 Å². The largest absolute Gasteiger partial charge is 0.488 e. The van der Waals surface area contributed by atoms with Crippen LogP contribution in [0.5, 0.6) is 5.75 Å². The molecule has 0 unspecified atom stereocenters. The lowest BCUT2D eigenvalue weighted by molar-refractivity contribution is 0.0307. The standard InChI is InChI=1S/C27H32F3N3O6S/c1-16(26(2,3)36)32-22-13-17(24(34)31-27(4)9-11-40(37,38)12-10-27)5-8-20(22)33(25(32)35)21-14-18(6-7-19(21)28)39-15-23(29)30/h5-8,13-14,16,23,36H,9-12,15H2,1-4H3,(H,31,34)/t16-/m0/s1.